The van der Waals surface area contributed by atoms with Gasteiger partial charge >= 0.3 is 0 Å². The molecule has 4 heteroatoms. The van der Waals surface area contributed by atoms with Crippen LogP contribution in [0.3, 0.4) is 0 Å². The highest BCUT2D eigenvalue weighted by Crippen LogP contribution is 2.33. The summed E-state index contributed by atoms with van der Waals surface area (Å²) in [5, 5.41) is 3.51. The van der Waals surface area contributed by atoms with Crippen LogP contribution in [-0.4, -0.2) is 32.5 Å². The Hall–Kier alpha value is -1.26. The lowest BCUT2D eigenvalue weighted by Gasteiger charge is -2.24. The number of nitrogens with one attached hydrogen (secondary N) is 1. The fraction of sp³-hybridized carbons (Fsp3) is 0.647. The first-order valence-electron chi connectivity index (χ1n) is 8.11. The molecule has 1 heterocycles. The van der Waals surface area contributed by atoms with E-state index in [0.29, 0.717) is 19.3 Å². The Bertz CT molecular complexity index is 457. The maximum absolute atomic E-state index is 6.08. The van der Waals surface area contributed by atoms with Crippen LogP contribution in [0.5, 0.6) is 11.5 Å². The average Bonchev–Trinajstić information content (AvgIpc) is 3.04. The average molecular weight is 291 g/mol. The smallest absolute Gasteiger partial charge is 0.161 e. The van der Waals surface area contributed by atoms with E-state index in [2.05, 4.69) is 24.4 Å². The van der Waals surface area contributed by atoms with Crippen LogP contribution in [0.4, 0.5) is 0 Å². The van der Waals surface area contributed by atoms with E-state index in [0.717, 1.165) is 24.7 Å². The second-order valence-electron chi connectivity index (χ2n) is 5.75. The molecule has 1 aliphatic carbocycles. The minimum absolute atomic E-state index is 0.214. The monoisotopic (exact) mass is 291 g/mol. The van der Waals surface area contributed by atoms with Gasteiger partial charge in [0.05, 0.1) is 18.8 Å². The summed E-state index contributed by atoms with van der Waals surface area (Å²) in [6, 6.07) is 6.41. The van der Waals surface area contributed by atoms with Crippen LogP contribution in [0.25, 0.3) is 0 Å². The maximum atomic E-state index is 6.08. The zero-order chi connectivity index (χ0) is 14.5. The van der Waals surface area contributed by atoms with E-state index in [1.54, 1.807) is 0 Å². The minimum atomic E-state index is 0.214. The summed E-state index contributed by atoms with van der Waals surface area (Å²) in [5.41, 5.74) is 1.21. The fourth-order valence-corrected chi connectivity index (χ4v) is 3.08. The van der Waals surface area contributed by atoms with Gasteiger partial charge in [0.2, 0.25) is 0 Å². The zero-order valence-corrected chi connectivity index (χ0v) is 12.8. The van der Waals surface area contributed by atoms with E-state index < -0.39 is 0 Å². The van der Waals surface area contributed by atoms with Gasteiger partial charge in [0.1, 0.15) is 13.2 Å². The summed E-state index contributed by atoms with van der Waals surface area (Å²) in [4.78, 5) is 0. The molecule has 3 rings (SSSR count). The van der Waals surface area contributed by atoms with Gasteiger partial charge in [0.25, 0.3) is 0 Å². The van der Waals surface area contributed by atoms with Gasteiger partial charge < -0.3 is 19.5 Å². The Morgan fingerprint density at radius 2 is 1.95 bits per heavy atom. The number of fused-ring (bicyclic) bond motifs is 1. The molecule has 0 bridgehead atoms. The molecule has 1 atom stereocenters. The predicted octanol–water partition coefficient (Wildman–Crippen LogP) is 3.07. The van der Waals surface area contributed by atoms with Crippen LogP contribution in [0, 0.1) is 0 Å². The van der Waals surface area contributed by atoms with Crippen molar-refractivity contribution in [3.05, 3.63) is 23.8 Å². The van der Waals surface area contributed by atoms with Gasteiger partial charge in [-0.1, -0.05) is 25.8 Å². The standard InChI is InChI=1S/C17H25NO3/c1-2-18-15(12-21-14-5-3-4-6-14)13-7-8-16-17(11-13)20-10-9-19-16/h7-8,11,14-15,18H,2-6,9-10,12H2,1H3. The Kier molecular flexibility index (Phi) is 4.99. The molecule has 1 N–H and O–H groups in total. The van der Waals surface area contributed by atoms with Crippen molar-refractivity contribution in [3.63, 3.8) is 0 Å². The van der Waals surface area contributed by atoms with Crippen molar-refractivity contribution in [3.8, 4) is 11.5 Å². The van der Waals surface area contributed by atoms with E-state index in [1.807, 2.05) is 6.07 Å². The normalized spacial score (nSPS) is 19.7. The van der Waals surface area contributed by atoms with Crippen molar-refractivity contribution < 1.29 is 14.2 Å². The number of hydrogen-bond donors (Lipinski definition) is 1. The van der Waals surface area contributed by atoms with Crippen molar-refractivity contribution in [2.75, 3.05) is 26.4 Å². The number of ether oxygens (including phenoxy) is 3. The summed E-state index contributed by atoms with van der Waals surface area (Å²) >= 11 is 0. The summed E-state index contributed by atoms with van der Waals surface area (Å²) in [6.45, 7) is 5.03. The Labute approximate surface area is 126 Å². The van der Waals surface area contributed by atoms with Gasteiger partial charge in [0.15, 0.2) is 11.5 Å². The first kappa shape index (κ1) is 14.7. The molecule has 1 unspecified atom stereocenters. The largest absolute Gasteiger partial charge is 0.486 e. The molecule has 21 heavy (non-hydrogen) atoms. The molecule has 0 aromatic heterocycles. The number of hydrogen-bond acceptors (Lipinski definition) is 4. The van der Waals surface area contributed by atoms with Crippen molar-refractivity contribution in [2.45, 2.75) is 44.8 Å². The lowest BCUT2D eigenvalue weighted by molar-refractivity contribution is 0.0427. The molecule has 0 spiro atoms. The highest BCUT2D eigenvalue weighted by atomic mass is 16.6. The van der Waals surface area contributed by atoms with Crippen molar-refractivity contribution >= 4 is 0 Å². The SMILES string of the molecule is CCNC(COC1CCCC1)c1ccc2c(c1)OCCO2. The first-order valence-corrected chi connectivity index (χ1v) is 8.11. The zero-order valence-electron chi connectivity index (χ0n) is 12.8. The Balaban J connectivity index is 1.67. The third-order valence-electron chi connectivity index (χ3n) is 4.22. The molecule has 0 radical (unpaired) electrons. The van der Waals surface area contributed by atoms with Gasteiger partial charge in [-0.05, 0) is 37.1 Å². The maximum Gasteiger partial charge on any atom is 0.161 e. The van der Waals surface area contributed by atoms with Crippen LogP contribution in [0.2, 0.25) is 0 Å². The third kappa shape index (κ3) is 3.69. The minimum Gasteiger partial charge on any atom is -0.486 e. The van der Waals surface area contributed by atoms with Gasteiger partial charge in [0, 0.05) is 0 Å². The Morgan fingerprint density at radius 1 is 1.19 bits per heavy atom. The van der Waals surface area contributed by atoms with E-state index in [-0.39, 0.29) is 6.04 Å². The van der Waals surface area contributed by atoms with Gasteiger partial charge in [-0.2, -0.15) is 0 Å². The summed E-state index contributed by atoms with van der Waals surface area (Å²) < 4.78 is 17.3. The molecule has 2 aliphatic rings. The highest BCUT2D eigenvalue weighted by molar-refractivity contribution is 5.44. The van der Waals surface area contributed by atoms with E-state index in [1.165, 1.54) is 31.2 Å². The number of likely N-dealkylation sites (N-methyl/N-ethyl adjacent to an activating group) is 1. The molecular weight excluding hydrogens is 266 g/mol. The summed E-state index contributed by atoms with van der Waals surface area (Å²) in [7, 11) is 0. The molecule has 1 aromatic rings. The van der Waals surface area contributed by atoms with Crippen LogP contribution in [-0.2, 0) is 4.74 Å². The quantitative estimate of drug-likeness (QED) is 0.874. The molecule has 1 fully saturated rings. The number of benzene rings is 1. The molecule has 1 aromatic carbocycles. The van der Waals surface area contributed by atoms with Crippen molar-refractivity contribution in [2.24, 2.45) is 0 Å². The van der Waals surface area contributed by atoms with E-state index >= 15 is 0 Å². The van der Waals surface area contributed by atoms with Crippen LogP contribution >= 0.6 is 0 Å². The van der Waals surface area contributed by atoms with Crippen LogP contribution in [0.1, 0.15) is 44.2 Å². The van der Waals surface area contributed by atoms with E-state index in [4.69, 9.17) is 14.2 Å². The molecule has 4 nitrogen and oxygen atoms in total. The number of rotatable bonds is 6. The van der Waals surface area contributed by atoms with Crippen molar-refractivity contribution in [1.29, 1.82) is 0 Å². The van der Waals surface area contributed by atoms with Gasteiger partial charge in [-0.15, -0.1) is 0 Å². The molecule has 0 amide bonds. The van der Waals surface area contributed by atoms with Crippen LogP contribution in [0.15, 0.2) is 18.2 Å². The fourth-order valence-electron chi connectivity index (χ4n) is 3.08. The first-order chi connectivity index (χ1) is 10.4. The topological polar surface area (TPSA) is 39.7 Å². The highest BCUT2D eigenvalue weighted by Gasteiger charge is 2.20. The molecule has 1 aliphatic heterocycles. The van der Waals surface area contributed by atoms with Gasteiger partial charge in [-0.3, -0.25) is 0 Å². The van der Waals surface area contributed by atoms with E-state index in [9.17, 15) is 0 Å². The summed E-state index contributed by atoms with van der Waals surface area (Å²) in [5.74, 6) is 1.69. The Morgan fingerprint density at radius 3 is 2.71 bits per heavy atom. The predicted molar refractivity (Wildman–Crippen MR) is 82.1 cm³/mol. The molecular formula is C17H25NO3. The lowest BCUT2D eigenvalue weighted by atomic mass is 10.1. The second kappa shape index (κ2) is 7.14. The third-order valence-corrected chi connectivity index (χ3v) is 4.22. The molecule has 0 saturated heterocycles. The van der Waals surface area contributed by atoms with Gasteiger partial charge in [-0.25, -0.2) is 0 Å². The second-order valence-corrected chi connectivity index (χ2v) is 5.75. The lowest BCUT2D eigenvalue weighted by Crippen LogP contribution is -2.27. The van der Waals surface area contributed by atoms with Crippen LogP contribution < -0.4 is 14.8 Å². The van der Waals surface area contributed by atoms with Crippen molar-refractivity contribution in [1.82, 2.24) is 5.32 Å². The molecule has 116 valence electrons. The summed E-state index contributed by atoms with van der Waals surface area (Å²) in [6.07, 6.45) is 5.48. The molecule has 1 saturated carbocycles.